The summed E-state index contributed by atoms with van der Waals surface area (Å²) in [5, 5.41) is 18.5. The lowest BCUT2D eigenvalue weighted by atomic mass is 10.00. The van der Waals surface area contributed by atoms with Crippen molar-refractivity contribution in [2.75, 3.05) is 26.4 Å². The second-order valence-electron chi connectivity index (χ2n) is 7.75. The van der Waals surface area contributed by atoms with Gasteiger partial charge < -0.3 is 19.7 Å². The summed E-state index contributed by atoms with van der Waals surface area (Å²) in [6, 6.07) is 4.16. The molecule has 0 bridgehead atoms. The molecule has 164 valence electrons. The van der Waals surface area contributed by atoms with Gasteiger partial charge in [0.1, 0.15) is 24.7 Å². The zero-order chi connectivity index (χ0) is 21.5. The molecule has 0 unspecified atom stereocenters. The van der Waals surface area contributed by atoms with Crippen molar-refractivity contribution in [1.29, 1.82) is 0 Å². The van der Waals surface area contributed by atoms with E-state index in [-0.39, 0.29) is 26.4 Å². The zero-order valence-electron chi connectivity index (χ0n) is 18.8. The summed E-state index contributed by atoms with van der Waals surface area (Å²) in [5.41, 5.74) is 4.83. The van der Waals surface area contributed by atoms with Crippen LogP contribution in [-0.2, 0) is 12.8 Å². The first kappa shape index (κ1) is 25.3. The van der Waals surface area contributed by atoms with Crippen LogP contribution in [0, 0.1) is 0 Å². The maximum Gasteiger partial charge on any atom is 0.126 e. The Bertz CT molecular complexity index is 613. The summed E-state index contributed by atoms with van der Waals surface area (Å²) in [7, 11) is 0. The van der Waals surface area contributed by atoms with Gasteiger partial charge in [-0.3, -0.25) is 0 Å². The van der Waals surface area contributed by atoms with E-state index in [1.165, 1.54) is 29.6 Å². The van der Waals surface area contributed by atoms with Crippen molar-refractivity contribution in [1.82, 2.24) is 0 Å². The summed E-state index contributed by atoms with van der Waals surface area (Å²) in [5.74, 6) is 1.55. The van der Waals surface area contributed by atoms with E-state index in [0.29, 0.717) is 6.42 Å². The van der Waals surface area contributed by atoms with E-state index >= 15 is 0 Å². The number of aliphatic hydroxyl groups excluding tert-OH is 2. The van der Waals surface area contributed by atoms with Gasteiger partial charge in [0.25, 0.3) is 0 Å². The number of aliphatic hydroxyl groups is 2. The molecule has 4 nitrogen and oxygen atoms in total. The molecular weight excluding hydrogens is 364 g/mol. The molecule has 1 aromatic carbocycles. The van der Waals surface area contributed by atoms with Gasteiger partial charge in [-0.1, -0.05) is 43.1 Å². The second kappa shape index (κ2) is 15.1. The topological polar surface area (TPSA) is 58.9 Å². The highest BCUT2D eigenvalue weighted by Gasteiger charge is 2.13. The Morgan fingerprint density at radius 1 is 0.931 bits per heavy atom. The van der Waals surface area contributed by atoms with Gasteiger partial charge in [-0.15, -0.1) is 0 Å². The number of aryl methyl sites for hydroxylation is 1. The molecule has 0 spiro atoms. The van der Waals surface area contributed by atoms with Crippen molar-refractivity contribution in [3.8, 4) is 11.5 Å². The number of benzene rings is 1. The Morgan fingerprint density at radius 2 is 1.55 bits per heavy atom. The van der Waals surface area contributed by atoms with Crippen LogP contribution in [0.25, 0.3) is 0 Å². The van der Waals surface area contributed by atoms with Gasteiger partial charge in [0.15, 0.2) is 0 Å². The molecule has 4 heteroatoms. The van der Waals surface area contributed by atoms with Crippen LogP contribution >= 0.6 is 0 Å². The smallest absolute Gasteiger partial charge is 0.126 e. The van der Waals surface area contributed by atoms with Crippen molar-refractivity contribution in [2.24, 2.45) is 0 Å². The fourth-order valence-electron chi connectivity index (χ4n) is 3.13. The molecule has 0 aliphatic carbocycles. The van der Waals surface area contributed by atoms with Crippen LogP contribution in [-0.4, -0.2) is 36.6 Å². The van der Waals surface area contributed by atoms with E-state index in [0.717, 1.165) is 42.7 Å². The molecule has 0 aromatic heterocycles. The van der Waals surface area contributed by atoms with Crippen LogP contribution in [0.15, 0.2) is 35.4 Å². The molecule has 0 saturated carbocycles. The molecule has 0 aliphatic rings. The summed E-state index contributed by atoms with van der Waals surface area (Å²) in [4.78, 5) is 0. The lowest BCUT2D eigenvalue weighted by Gasteiger charge is -2.17. The van der Waals surface area contributed by atoms with Crippen molar-refractivity contribution in [2.45, 2.75) is 72.6 Å². The third kappa shape index (κ3) is 10.5. The van der Waals surface area contributed by atoms with Crippen molar-refractivity contribution in [3.63, 3.8) is 0 Å². The zero-order valence-corrected chi connectivity index (χ0v) is 18.8. The van der Waals surface area contributed by atoms with Crippen LogP contribution in [0.5, 0.6) is 11.5 Å². The second-order valence-corrected chi connectivity index (χ2v) is 7.75. The number of rotatable bonds is 15. The number of hydrogen-bond donors (Lipinski definition) is 2. The first-order valence-electron chi connectivity index (χ1n) is 10.9. The van der Waals surface area contributed by atoms with Gasteiger partial charge in [-0.05, 0) is 70.6 Å². The minimum Gasteiger partial charge on any atom is -0.491 e. The Kier molecular flexibility index (Phi) is 13.2. The number of hydrogen-bond acceptors (Lipinski definition) is 4. The van der Waals surface area contributed by atoms with Crippen molar-refractivity contribution >= 4 is 0 Å². The van der Waals surface area contributed by atoms with Gasteiger partial charge in [-0.25, -0.2) is 0 Å². The Morgan fingerprint density at radius 3 is 2.07 bits per heavy atom. The highest BCUT2D eigenvalue weighted by molar-refractivity contribution is 5.49. The molecule has 0 atom stereocenters. The van der Waals surface area contributed by atoms with Crippen LogP contribution in [0.4, 0.5) is 0 Å². The van der Waals surface area contributed by atoms with Crippen LogP contribution in [0.3, 0.4) is 0 Å². The monoisotopic (exact) mass is 404 g/mol. The number of ether oxygens (including phenoxy) is 2. The van der Waals surface area contributed by atoms with Gasteiger partial charge in [0, 0.05) is 5.56 Å². The fourth-order valence-corrected chi connectivity index (χ4v) is 3.13. The Labute approximate surface area is 177 Å². The molecule has 29 heavy (non-hydrogen) atoms. The third-order valence-corrected chi connectivity index (χ3v) is 4.74. The average molecular weight is 405 g/mol. The predicted molar refractivity (Wildman–Crippen MR) is 121 cm³/mol. The fraction of sp³-hybridized carbons (Fsp3) is 0.600. The van der Waals surface area contributed by atoms with Gasteiger partial charge in [0.05, 0.1) is 13.2 Å². The highest BCUT2D eigenvalue weighted by atomic mass is 16.5. The quantitative estimate of drug-likeness (QED) is 0.304. The maximum atomic E-state index is 9.23. The van der Waals surface area contributed by atoms with E-state index in [2.05, 4.69) is 52.0 Å². The SMILES string of the molecule is CCCCCc1cc(OCCO)c(C/C=C(\C)CCC=C(C)C)c(OCCO)c1. The minimum atomic E-state index is -0.0239. The molecule has 1 rings (SSSR count). The molecule has 0 radical (unpaired) electrons. The van der Waals surface area contributed by atoms with E-state index in [4.69, 9.17) is 9.47 Å². The van der Waals surface area contributed by atoms with Crippen molar-refractivity contribution in [3.05, 3.63) is 46.6 Å². The number of allylic oxidation sites excluding steroid dienone is 4. The molecule has 2 N–H and O–H groups in total. The molecule has 0 amide bonds. The molecular formula is C25H40O4. The standard InChI is InChI=1S/C25H40O4/c1-5-6-7-11-22-18-24(28-16-14-26)23(25(19-22)29-17-15-27)13-12-21(4)10-8-9-20(2)3/h9,12,18-19,26-27H,5-8,10-11,13-17H2,1-4H3/b21-12+. The third-order valence-electron chi connectivity index (χ3n) is 4.74. The van der Waals surface area contributed by atoms with E-state index < -0.39 is 0 Å². The Hall–Kier alpha value is -1.78. The van der Waals surface area contributed by atoms with E-state index in [9.17, 15) is 10.2 Å². The lowest BCUT2D eigenvalue weighted by molar-refractivity contribution is 0.192. The summed E-state index contributed by atoms with van der Waals surface area (Å²) < 4.78 is 11.7. The highest BCUT2D eigenvalue weighted by Crippen LogP contribution is 2.33. The van der Waals surface area contributed by atoms with Crippen LogP contribution in [0.1, 0.15) is 70.9 Å². The predicted octanol–water partition coefficient (Wildman–Crippen LogP) is 5.40. The average Bonchev–Trinajstić information content (AvgIpc) is 2.69. The largest absolute Gasteiger partial charge is 0.491 e. The minimum absolute atomic E-state index is 0.0239. The van der Waals surface area contributed by atoms with Gasteiger partial charge in [-0.2, -0.15) is 0 Å². The molecule has 0 saturated heterocycles. The van der Waals surface area contributed by atoms with Crippen LogP contribution < -0.4 is 9.47 Å². The molecule has 0 heterocycles. The number of unbranched alkanes of at least 4 members (excludes halogenated alkanes) is 2. The molecule has 0 aliphatic heterocycles. The maximum absolute atomic E-state index is 9.23. The van der Waals surface area contributed by atoms with Gasteiger partial charge in [0.2, 0.25) is 0 Å². The first-order chi connectivity index (χ1) is 14.0. The summed E-state index contributed by atoms with van der Waals surface area (Å²) in [6.07, 6.45) is 11.7. The first-order valence-corrected chi connectivity index (χ1v) is 10.9. The van der Waals surface area contributed by atoms with Crippen LogP contribution in [0.2, 0.25) is 0 Å². The normalized spacial score (nSPS) is 11.4. The van der Waals surface area contributed by atoms with Crippen molar-refractivity contribution < 1.29 is 19.7 Å². The summed E-state index contributed by atoms with van der Waals surface area (Å²) in [6.45, 7) is 9.06. The Balaban J connectivity index is 3.08. The van der Waals surface area contributed by atoms with E-state index in [1.54, 1.807) is 0 Å². The summed E-state index contributed by atoms with van der Waals surface area (Å²) >= 11 is 0. The molecule has 0 fully saturated rings. The lowest BCUT2D eigenvalue weighted by Crippen LogP contribution is -2.09. The van der Waals surface area contributed by atoms with Gasteiger partial charge >= 0.3 is 0 Å². The molecule has 1 aromatic rings. The van der Waals surface area contributed by atoms with E-state index in [1.807, 2.05) is 0 Å².